The Morgan fingerprint density at radius 1 is 1.25 bits per heavy atom. The van der Waals surface area contributed by atoms with Crippen LogP contribution in [0.5, 0.6) is 0 Å². The molecular weight excluding hydrogens is 262 g/mol. The Hall–Kier alpha value is -1.34. The van der Waals surface area contributed by atoms with Crippen LogP contribution in [-0.2, 0) is 9.53 Å². The number of nitrogens with zero attached hydrogens (tertiary/aromatic N) is 3. The zero-order chi connectivity index (χ0) is 14.7. The minimum Gasteiger partial charge on any atom is -0.481 e. The van der Waals surface area contributed by atoms with Crippen LogP contribution in [0, 0.1) is 0 Å². The summed E-state index contributed by atoms with van der Waals surface area (Å²) in [7, 11) is 2.05. The summed E-state index contributed by atoms with van der Waals surface area (Å²) in [4.78, 5) is 29.1. The van der Waals surface area contributed by atoms with Crippen molar-refractivity contribution < 1.29 is 19.4 Å². The molecule has 20 heavy (non-hydrogen) atoms. The number of hydrogen-bond donors (Lipinski definition) is 1. The summed E-state index contributed by atoms with van der Waals surface area (Å²) in [6.07, 6.45) is -0.449. The van der Waals surface area contributed by atoms with E-state index >= 15 is 0 Å². The summed E-state index contributed by atoms with van der Waals surface area (Å²) in [6, 6.07) is 0.186. The van der Waals surface area contributed by atoms with Gasteiger partial charge >= 0.3 is 12.0 Å². The fraction of sp³-hybridized carbons (Fsp3) is 0.846. The highest BCUT2D eigenvalue weighted by molar-refractivity contribution is 5.75. The maximum absolute atomic E-state index is 12.5. The van der Waals surface area contributed by atoms with Gasteiger partial charge in [-0.1, -0.05) is 0 Å². The molecule has 0 aromatic heterocycles. The highest BCUT2D eigenvalue weighted by Gasteiger charge is 2.32. The van der Waals surface area contributed by atoms with Gasteiger partial charge in [0.15, 0.2) is 0 Å². The average molecular weight is 285 g/mol. The van der Waals surface area contributed by atoms with Gasteiger partial charge in [-0.3, -0.25) is 4.79 Å². The van der Waals surface area contributed by atoms with Crippen molar-refractivity contribution >= 4 is 12.0 Å². The van der Waals surface area contributed by atoms with Crippen molar-refractivity contribution in [3.05, 3.63) is 0 Å². The van der Waals surface area contributed by atoms with Crippen LogP contribution in [0.3, 0.4) is 0 Å². The predicted molar refractivity (Wildman–Crippen MR) is 72.6 cm³/mol. The van der Waals surface area contributed by atoms with E-state index in [1.165, 1.54) is 0 Å². The lowest BCUT2D eigenvalue weighted by Gasteiger charge is -2.42. The van der Waals surface area contributed by atoms with Crippen LogP contribution in [0.2, 0.25) is 0 Å². The zero-order valence-electron chi connectivity index (χ0n) is 12.1. The fourth-order valence-electron chi connectivity index (χ4n) is 2.82. The molecule has 0 spiro atoms. The summed E-state index contributed by atoms with van der Waals surface area (Å²) in [6.45, 7) is 5.82. The van der Waals surface area contributed by atoms with E-state index in [-0.39, 0.29) is 18.5 Å². The third-order valence-electron chi connectivity index (χ3n) is 3.89. The van der Waals surface area contributed by atoms with Crippen molar-refractivity contribution in [3.8, 4) is 0 Å². The van der Waals surface area contributed by atoms with Crippen LogP contribution < -0.4 is 0 Å². The molecule has 2 amide bonds. The molecule has 2 saturated heterocycles. The maximum atomic E-state index is 12.5. The molecule has 1 N–H and O–H groups in total. The first-order valence-electron chi connectivity index (χ1n) is 7.05. The van der Waals surface area contributed by atoms with E-state index < -0.39 is 12.1 Å². The van der Waals surface area contributed by atoms with E-state index in [4.69, 9.17) is 9.84 Å². The Morgan fingerprint density at radius 3 is 2.65 bits per heavy atom. The average Bonchev–Trinajstić information content (AvgIpc) is 2.37. The summed E-state index contributed by atoms with van der Waals surface area (Å²) < 4.78 is 5.40. The fourth-order valence-corrected chi connectivity index (χ4v) is 2.82. The number of carbonyl (C=O) groups excluding carboxylic acids is 1. The van der Waals surface area contributed by atoms with E-state index in [1.807, 2.05) is 11.8 Å². The molecule has 114 valence electrons. The van der Waals surface area contributed by atoms with Crippen molar-refractivity contribution in [2.24, 2.45) is 0 Å². The van der Waals surface area contributed by atoms with E-state index in [1.54, 1.807) is 4.90 Å². The van der Waals surface area contributed by atoms with Crippen LogP contribution in [-0.4, -0.2) is 90.3 Å². The first kappa shape index (κ1) is 15.1. The normalized spacial score (nSPS) is 28.5. The van der Waals surface area contributed by atoms with Gasteiger partial charge in [-0.2, -0.15) is 0 Å². The third kappa shape index (κ3) is 3.61. The van der Waals surface area contributed by atoms with Crippen molar-refractivity contribution in [1.82, 2.24) is 14.7 Å². The number of amides is 2. The van der Waals surface area contributed by atoms with Crippen LogP contribution in [0.1, 0.15) is 13.3 Å². The molecule has 2 atom stereocenters. The minimum absolute atomic E-state index is 0.00397. The largest absolute Gasteiger partial charge is 0.481 e. The number of morpholine rings is 1. The number of ether oxygens (including phenoxy) is 1. The van der Waals surface area contributed by atoms with Gasteiger partial charge in [0.2, 0.25) is 0 Å². The number of carboxylic acid groups (broad SMARTS) is 1. The molecule has 2 aliphatic heterocycles. The van der Waals surface area contributed by atoms with Gasteiger partial charge in [0.1, 0.15) is 0 Å². The van der Waals surface area contributed by atoms with Gasteiger partial charge < -0.3 is 24.5 Å². The summed E-state index contributed by atoms with van der Waals surface area (Å²) in [5.74, 6) is -0.891. The molecule has 2 heterocycles. The smallest absolute Gasteiger partial charge is 0.320 e. The zero-order valence-corrected chi connectivity index (χ0v) is 12.1. The Balaban J connectivity index is 1.92. The molecule has 0 aromatic carbocycles. The number of carboxylic acids is 1. The molecule has 2 rings (SSSR count). The third-order valence-corrected chi connectivity index (χ3v) is 3.89. The second-order valence-corrected chi connectivity index (χ2v) is 5.62. The predicted octanol–water partition coefficient (Wildman–Crippen LogP) is -0.0822. The van der Waals surface area contributed by atoms with Crippen molar-refractivity contribution in [3.63, 3.8) is 0 Å². The van der Waals surface area contributed by atoms with Gasteiger partial charge in [-0.15, -0.1) is 0 Å². The quantitative estimate of drug-likeness (QED) is 0.768. The van der Waals surface area contributed by atoms with E-state index in [9.17, 15) is 9.59 Å². The van der Waals surface area contributed by atoms with Crippen LogP contribution in [0.25, 0.3) is 0 Å². The molecule has 0 radical (unpaired) electrons. The van der Waals surface area contributed by atoms with Gasteiger partial charge in [0, 0.05) is 38.8 Å². The molecule has 2 fully saturated rings. The molecular formula is C13H23N3O4. The van der Waals surface area contributed by atoms with Crippen molar-refractivity contribution in [2.45, 2.75) is 25.5 Å². The van der Waals surface area contributed by atoms with Crippen LogP contribution >= 0.6 is 0 Å². The number of urea groups is 1. The number of aliphatic carboxylic acids is 1. The van der Waals surface area contributed by atoms with E-state index in [2.05, 4.69) is 11.9 Å². The van der Waals surface area contributed by atoms with Gasteiger partial charge in [-0.25, -0.2) is 4.79 Å². The second-order valence-electron chi connectivity index (χ2n) is 5.62. The van der Waals surface area contributed by atoms with E-state index in [0.717, 1.165) is 19.6 Å². The first-order chi connectivity index (χ1) is 9.47. The molecule has 0 aliphatic carbocycles. The van der Waals surface area contributed by atoms with Crippen LogP contribution in [0.15, 0.2) is 0 Å². The molecule has 0 aromatic rings. The topological polar surface area (TPSA) is 73.3 Å². The van der Waals surface area contributed by atoms with Gasteiger partial charge in [-0.05, 0) is 14.0 Å². The lowest BCUT2D eigenvalue weighted by atomic mass is 10.2. The lowest BCUT2D eigenvalue weighted by molar-refractivity contribution is -0.141. The molecule has 7 nitrogen and oxygen atoms in total. The second kappa shape index (κ2) is 6.41. The van der Waals surface area contributed by atoms with Crippen molar-refractivity contribution in [2.75, 3.05) is 46.4 Å². The summed E-state index contributed by atoms with van der Waals surface area (Å²) in [5, 5.41) is 8.81. The number of likely N-dealkylation sites (N-methyl/N-ethyl adjacent to an activating group) is 1. The molecule has 0 bridgehead atoms. The summed E-state index contributed by atoms with van der Waals surface area (Å²) in [5.41, 5.74) is 0. The SMILES string of the molecule is CC1CN(C)CCN1C(=O)N1CCOC(CC(=O)O)C1. The Morgan fingerprint density at radius 2 is 2.00 bits per heavy atom. The highest BCUT2D eigenvalue weighted by atomic mass is 16.5. The molecule has 7 heteroatoms. The maximum Gasteiger partial charge on any atom is 0.320 e. The number of rotatable bonds is 2. The molecule has 2 aliphatic rings. The van der Waals surface area contributed by atoms with Gasteiger partial charge in [0.05, 0.1) is 19.1 Å². The number of piperazine rings is 1. The molecule has 2 unspecified atom stereocenters. The van der Waals surface area contributed by atoms with Crippen molar-refractivity contribution in [1.29, 1.82) is 0 Å². The van der Waals surface area contributed by atoms with E-state index in [0.29, 0.717) is 19.7 Å². The summed E-state index contributed by atoms with van der Waals surface area (Å²) >= 11 is 0. The Kier molecular flexibility index (Phi) is 4.82. The number of hydrogen-bond acceptors (Lipinski definition) is 4. The monoisotopic (exact) mass is 285 g/mol. The lowest BCUT2D eigenvalue weighted by Crippen LogP contribution is -2.58. The first-order valence-corrected chi connectivity index (χ1v) is 7.05. The number of carbonyl (C=O) groups is 2. The van der Waals surface area contributed by atoms with Gasteiger partial charge in [0.25, 0.3) is 0 Å². The Bertz CT molecular complexity index is 377. The highest BCUT2D eigenvalue weighted by Crippen LogP contribution is 2.15. The minimum atomic E-state index is -0.891. The molecule has 0 saturated carbocycles. The van der Waals surface area contributed by atoms with Crippen LogP contribution in [0.4, 0.5) is 4.79 Å². The Labute approximate surface area is 119 Å². The standard InChI is InChI=1S/C13H23N3O4/c1-10-8-14(2)3-4-16(10)13(19)15-5-6-20-11(9-15)7-12(17)18/h10-11H,3-9H2,1-2H3,(H,17,18).